The van der Waals surface area contributed by atoms with E-state index in [0.29, 0.717) is 29.0 Å². The van der Waals surface area contributed by atoms with E-state index in [9.17, 15) is 9.59 Å². The number of amides is 1. The van der Waals surface area contributed by atoms with Crippen LogP contribution in [0.25, 0.3) is 11.0 Å². The van der Waals surface area contributed by atoms with Gasteiger partial charge in [-0.2, -0.15) is 0 Å². The molecule has 24 heavy (non-hydrogen) atoms. The molecule has 1 heterocycles. The second-order valence-electron chi connectivity index (χ2n) is 5.39. The van der Waals surface area contributed by atoms with Crippen LogP contribution < -0.4 is 15.7 Å². The number of carbonyl (C=O) groups excluding carboxylic acids is 1. The van der Waals surface area contributed by atoms with Crippen molar-refractivity contribution in [1.82, 2.24) is 0 Å². The average molecular weight is 323 g/mol. The number of hydrogen-bond donors (Lipinski definition) is 1. The van der Waals surface area contributed by atoms with Crippen molar-refractivity contribution in [2.75, 3.05) is 11.9 Å². The second-order valence-corrected chi connectivity index (χ2v) is 5.39. The van der Waals surface area contributed by atoms with Crippen molar-refractivity contribution < 1.29 is 13.9 Å². The van der Waals surface area contributed by atoms with Crippen LogP contribution in [0, 0.1) is 6.92 Å². The van der Waals surface area contributed by atoms with E-state index in [1.807, 2.05) is 32.0 Å². The van der Waals surface area contributed by atoms with E-state index < -0.39 is 5.63 Å². The monoisotopic (exact) mass is 323 g/mol. The molecular weight excluding hydrogens is 306 g/mol. The standard InChI is InChI=1S/C19H17NO4/c1-3-23-14-7-8-15-16(11-18(21)24-17(15)10-14)19(22)20-13-6-4-5-12(2)9-13/h4-11H,3H2,1-2H3,(H,20,22). The van der Waals surface area contributed by atoms with E-state index in [1.165, 1.54) is 6.07 Å². The molecular formula is C19H17NO4. The predicted octanol–water partition coefficient (Wildman–Crippen LogP) is 3.75. The molecule has 0 atom stereocenters. The van der Waals surface area contributed by atoms with Crippen LogP contribution in [0.3, 0.4) is 0 Å². The SMILES string of the molecule is CCOc1ccc2c(C(=O)Nc3cccc(C)c3)cc(=O)oc2c1. The molecule has 5 nitrogen and oxygen atoms in total. The zero-order valence-electron chi connectivity index (χ0n) is 13.5. The number of benzene rings is 2. The highest BCUT2D eigenvalue weighted by Gasteiger charge is 2.14. The van der Waals surface area contributed by atoms with E-state index in [1.54, 1.807) is 24.3 Å². The molecule has 1 amide bonds. The number of hydrogen-bond acceptors (Lipinski definition) is 4. The molecule has 1 aromatic heterocycles. The van der Waals surface area contributed by atoms with Gasteiger partial charge in [-0.3, -0.25) is 4.79 Å². The highest BCUT2D eigenvalue weighted by Crippen LogP contribution is 2.23. The Morgan fingerprint density at radius 3 is 2.75 bits per heavy atom. The van der Waals surface area contributed by atoms with Gasteiger partial charge in [0.05, 0.1) is 12.2 Å². The number of nitrogens with one attached hydrogen (secondary N) is 1. The molecule has 0 bridgehead atoms. The van der Waals surface area contributed by atoms with Crippen molar-refractivity contribution in [3.63, 3.8) is 0 Å². The summed E-state index contributed by atoms with van der Waals surface area (Å²) in [4.78, 5) is 24.4. The van der Waals surface area contributed by atoms with Gasteiger partial charge in [0.25, 0.3) is 5.91 Å². The number of carbonyl (C=O) groups is 1. The third-order valence-corrected chi connectivity index (χ3v) is 3.55. The lowest BCUT2D eigenvalue weighted by Crippen LogP contribution is -2.15. The van der Waals surface area contributed by atoms with E-state index in [-0.39, 0.29) is 11.5 Å². The number of rotatable bonds is 4. The molecule has 0 aliphatic carbocycles. The molecule has 0 radical (unpaired) electrons. The minimum Gasteiger partial charge on any atom is -0.494 e. The zero-order valence-corrected chi connectivity index (χ0v) is 13.5. The molecule has 0 unspecified atom stereocenters. The van der Waals surface area contributed by atoms with Gasteiger partial charge in [0, 0.05) is 23.2 Å². The first-order valence-electron chi connectivity index (χ1n) is 7.65. The molecule has 0 saturated heterocycles. The average Bonchev–Trinajstić information content (AvgIpc) is 2.54. The maximum atomic E-state index is 12.6. The normalized spacial score (nSPS) is 10.6. The fourth-order valence-corrected chi connectivity index (χ4v) is 2.51. The van der Waals surface area contributed by atoms with Crippen molar-refractivity contribution in [2.24, 2.45) is 0 Å². The van der Waals surface area contributed by atoms with E-state index in [0.717, 1.165) is 5.56 Å². The van der Waals surface area contributed by atoms with Crippen molar-refractivity contribution in [3.8, 4) is 5.75 Å². The van der Waals surface area contributed by atoms with Gasteiger partial charge in [-0.1, -0.05) is 12.1 Å². The summed E-state index contributed by atoms with van der Waals surface area (Å²) in [6, 6.07) is 13.7. The second kappa shape index (κ2) is 6.58. The van der Waals surface area contributed by atoms with Crippen LogP contribution in [0.4, 0.5) is 5.69 Å². The Hall–Kier alpha value is -3.08. The Morgan fingerprint density at radius 1 is 1.17 bits per heavy atom. The molecule has 2 aromatic carbocycles. The fourth-order valence-electron chi connectivity index (χ4n) is 2.51. The van der Waals surface area contributed by atoms with Gasteiger partial charge < -0.3 is 14.5 Å². The fraction of sp³-hybridized carbons (Fsp3) is 0.158. The Labute approximate surface area is 138 Å². The highest BCUT2D eigenvalue weighted by atomic mass is 16.5. The lowest BCUT2D eigenvalue weighted by molar-refractivity contribution is 0.102. The van der Waals surface area contributed by atoms with Gasteiger partial charge in [0.15, 0.2) is 0 Å². The predicted molar refractivity (Wildman–Crippen MR) is 92.8 cm³/mol. The first-order valence-corrected chi connectivity index (χ1v) is 7.65. The maximum Gasteiger partial charge on any atom is 0.337 e. The summed E-state index contributed by atoms with van der Waals surface area (Å²) in [7, 11) is 0. The smallest absolute Gasteiger partial charge is 0.337 e. The molecule has 0 fully saturated rings. The number of fused-ring (bicyclic) bond motifs is 1. The molecule has 122 valence electrons. The largest absolute Gasteiger partial charge is 0.494 e. The minimum atomic E-state index is -0.578. The van der Waals surface area contributed by atoms with Crippen LogP contribution in [-0.4, -0.2) is 12.5 Å². The highest BCUT2D eigenvalue weighted by molar-refractivity contribution is 6.12. The quantitative estimate of drug-likeness (QED) is 0.742. The van der Waals surface area contributed by atoms with E-state index >= 15 is 0 Å². The number of anilines is 1. The minimum absolute atomic E-state index is 0.269. The lowest BCUT2D eigenvalue weighted by Gasteiger charge is -2.09. The lowest BCUT2D eigenvalue weighted by atomic mass is 10.1. The molecule has 0 aliphatic rings. The molecule has 0 aliphatic heterocycles. The molecule has 0 saturated carbocycles. The third kappa shape index (κ3) is 3.30. The molecule has 3 aromatic rings. The van der Waals surface area contributed by atoms with Crippen LogP contribution in [0.1, 0.15) is 22.8 Å². The van der Waals surface area contributed by atoms with E-state index in [4.69, 9.17) is 9.15 Å². The summed E-state index contributed by atoms with van der Waals surface area (Å²) >= 11 is 0. The van der Waals surface area contributed by atoms with Crippen molar-refractivity contribution in [1.29, 1.82) is 0 Å². The number of ether oxygens (including phenoxy) is 1. The van der Waals surface area contributed by atoms with Gasteiger partial charge in [-0.05, 0) is 43.7 Å². The Morgan fingerprint density at radius 2 is 2.00 bits per heavy atom. The van der Waals surface area contributed by atoms with Crippen LogP contribution in [0.15, 0.2) is 57.7 Å². The summed E-state index contributed by atoms with van der Waals surface area (Å²) < 4.78 is 10.6. The maximum absolute atomic E-state index is 12.6. The molecule has 5 heteroatoms. The number of aryl methyl sites for hydroxylation is 1. The van der Waals surface area contributed by atoms with Crippen LogP contribution >= 0.6 is 0 Å². The summed E-state index contributed by atoms with van der Waals surface area (Å²) in [5.74, 6) is 0.229. The molecule has 0 spiro atoms. The van der Waals surface area contributed by atoms with Crippen molar-refractivity contribution >= 4 is 22.6 Å². The van der Waals surface area contributed by atoms with Crippen molar-refractivity contribution in [3.05, 3.63) is 70.1 Å². The van der Waals surface area contributed by atoms with Gasteiger partial charge in [0.2, 0.25) is 0 Å². The van der Waals surface area contributed by atoms with Crippen molar-refractivity contribution in [2.45, 2.75) is 13.8 Å². The van der Waals surface area contributed by atoms with Crippen LogP contribution in [0.5, 0.6) is 5.75 Å². The third-order valence-electron chi connectivity index (χ3n) is 3.55. The van der Waals surface area contributed by atoms with Gasteiger partial charge in [-0.25, -0.2) is 4.79 Å². The summed E-state index contributed by atoms with van der Waals surface area (Å²) in [5.41, 5.74) is 1.72. The Balaban J connectivity index is 2.01. The zero-order chi connectivity index (χ0) is 17.1. The molecule has 3 rings (SSSR count). The van der Waals surface area contributed by atoms with Gasteiger partial charge >= 0.3 is 5.63 Å². The Bertz CT molecular complexity index is 959. The van der Waals surface area contributed by atoms with Gasteiger partial charge in [-0.15, -0.1) is 0 Å². The summed E-state index contributed by atoms with van der Waals surface area (Å²) in [5, 5.41) is 3.37. The van der Waals surface area contributed by atoms with E-state index in [2.05, 4.69) is 5.32 Å². The summed E-state index contributed by atoms with van der Waals surface area (Å²) in [6.45, 7) is 4.31. The van der Waals surface area contributed by atoms with Gasteiger partial charge in [0.1, 0.15) is 11.3 Å². The topological polar surface area (TPSA) is 68.5 Å². The first kappa shape index (κ1) is 15.8. The summed E-state index contributed by atoms with van der Waals surface area (Å²) in [6.07, 6.45) is 0. The van der Waals surface area contributed by atoms with Crippen LogP contribution in [0.2, 0.25) is 0 Å². The first-order chi connectivity index (χ1) is 11.6. The Kier molecular flexibility index (Phi) is 4.33. The molecule has 1 N–H and O–H groups in total. The van der Waals surface area contributed by atoms with Crippen LogP contribution in [-0.2, 0) is 0 Å².